The predicted octanol–water partition coefficient (Wildman–Crippen LogP) is 2.87. The summed E-state index contributed by atoms with van der Waals surface area (Å²) in [7, 11) is 0. The van der Waals surface area contributed by atoms with Crippen molar-refractivity contribution >= 4 is 5.91 Å². The van der Waals surface area contributed by atoms with Gasteiger partial charge in [-0.1, -0.05) is 30.2 Å². The Kier molecular flexibility index (Phi) is 5.03. The Morgan fingerprint density at radius 3 is 2.74 bits per heavy atom. The van der Waals surface area contributed by atoms with Gasteiger partial charge in [0.15, 0.2) is 0 Å². The van der Waals surface area contributed by atoms with Crippen LogP contribution in [0.5, 0.6) is 0 Å². The number of hydrogen-bond acceptors (Lipinski definition) is 2. The average molecular weight is 310 g/mol. The SMILES string of the molecule is C#CCN(CC1CCN(C(C)=O)CC1)[C@@H]1CCc2ccccc21. The van der Waals surface area contributed by atoms with Gasteiger partial charge in [-0.3, -0.25) is 9.69 Å². The summed E-state index contributed by atoms with van der Waals surface area (Å²) in [6, 6.07) is 9.23. The molecule has 1 atom stereocenters. The average Bonchev–Trinajstić information content (AvgIpc) is 2.99. The first-order valence-electron chi connectivity index (χ1n) is 8.70. The Labute approximate surface area is 139 Å². The number of carbonyl (C=O) groups is 1. The summed E-state index contributed by atoms with van der Waals surface area (Å²) in [4.78, 5) is 15.9. The first kappa shape index (κ1) is 16.1. The number of carbonyl (C=O) groups excluding carboxylic acids is 1. The lowest BCUT2D eigenvalue weighted by Gasteiger charge is -2.36. The van der Waals surface area contributed by atoms with Gasteiger partial charge in [0.2, 0.25) is 5.91 Å². The highest BCUT2D eigenvalue weighted by molar-refractivity contribution is 5.73. The third-order valence-electron chi connectivity index (χ3n) is 5.39. The molecule has 1 heterocycles. The molecule has 3 nitrogen and oxygen atoms in total. The van der Waals surface area contributed by atoms with Crippen molar-refractivity contribution in [3.63, 3.8) is 0 Å². The zero-order valence-electron chi connectivity index (χ0n) is 14.0. The molecule has 122 valence electrons. The van der Waals surface area contributed by atoms with E-state index in [1.807, 2.05) is 4.90 Å². The Hall–Kier alpha value is -1.79. The molecule has 0 aromatic heterocycles. The molecule has 1 aliphatic heterocycles. The standard InChI is InChI=1S/C20H26N2O/c1-3-12-22(15-17-10-13-21(14-11-17)16(2)23)20-9-8-18-6-4-5-7-19(18)20/h1,4-7,17,20H,8-15H2,2H3/t20-/m1/s1. The monoisotopic (exact) mass is 310 g/mol. The second-order valence-electron chi connectivity index (χ2n) is 6.84. The molecule has 1 aromatic rings. The fourth-order valence-corrected chi connectivity index (χ4v) is 4.10. The minimum atomic E-state index is 0.202. The molecule has 0 bridgehead atoms. The molecule has 0 unspecified atom stereocenters. The van der Waals surface area contributed by atoms with Gasteiger partial charge in [0.1, 0.15) is 0 Å². The van der Waals surface area contributed by atoms with E-state index in [0.29, 0.717) is 18.5 Å². The number of rotatable bonds is 4. The molecular weight excluding hydrogens is 284 g/mol. The highest BCUT2D eigenvalue weighted by Gasteiger charge is 2.30. The molecule has 1 aromatic carbocycles. The van der Waals surface area contributed by atoms with E-state index in [-0.39, 0.29) is 5.91 Å². The smallest absolute Gasteiger partial charge is 0.219 e. The zero-order valence-corrected chi connectivity index (χ0v) is 14.0. The summed E-state index contributed by atoms with van der Waals surface area (Å²) in [6.45, 7) is 5.22. The normalized spacial score (nSPS) is 21.3. The van der Waals surface area contributed by atoms with Crippen LogP contribution in [0.25, 0.3) is 0 Å². The zero-order chi connectivity index (χ0) is 16.2. The van der Waals surface area contributed by atoms with Gasteiger partial charge in [-0.15, -0.1) is 6.42 Å². The molecule has 0 radical (unpaired) electrons. The molecule has 3 rings (SSSR count). The van der Waals surface area contributed by atoms with Gasteiger partial charge in [0.25, 0.3) is 0 Å². The number of terminal acetylenes is 1. The van der Waals surface area contributed by atoms with Crippen LogP contribution in [-0.2, 0) is 11.2 Å². The highest BCUT2D eigenvalue weighted by Crippen LogP contribution is 2.36. The summed E-state index contributed by atoms with van der Waals surface area (Å²) in [6.07, 6.45) is 10.2. The lowest BCUT2D eigenvalue weighted by Crippen LogP contribution is -2.41. The van der Waals surface area contributed by atoms with Gasteiger partial charge in [-0.25, -0.2) is 0 Å². The number of nitrogens with zero attached hydrogens (tertiary/aromatic N) is 2. The fourth-order valence-electron chi connectivity index (χ4n) is 4.10. The van der Waals surface area contributed by atoms with Crippen molar-refractivity contribution in [3.05, 3.63) is 35.4 Å². The van der Waals surface area contributed by atoms with Crippen molar-refractivity contribution in [1.29, 1.82) is 0 Å². The largest absolute Gasteiger partial charge is 0.343 e. The van der Waals surface area contributed by atoms with E-state index in [1.54, 1.807) is 6.92 Å². The minimum absolute atomic E-state index is 0.202. The maximum Gasteiger partial charge on any atom is 0.219 e. The molecule has 0 N–H and O–H groups in total. The van der Waals surface area contributed by atoms with Crippen LogP contribution in [0.2, 0.25) is 0 Å². The maximum absolute atomic E-state index is 11.5. The number of likely N-dealkylation sites (tertiary alicyclic amines) is 1. The van der Waals surface area contributed by atoms with Gasteiger partial charge in [-0.05, 0) is 42.7 Å². The van der Waals surface area contributed by atoms with Gasteiger partial charge >= 0.3 is 0 Å². The molecule has 1 aliphatic carbocycles. The van der Waals surface area contributed by atoms with Crippen molar-refractivity contribution in [2.45, 2.75) is 38.6 Å². The van der Waals surface area contributed by atoms with Gasteiger partial charge in [-0.2, -0.15) is 0 Å². The Bertz CT molecular complexity index is 596. The molecule has 23 heavy (non-hydrogen) atoms. The number of aryl methyl sites for hydroxylation is 1. The lowest BCUT2D eigenvalue weighted by atomic mass is 9.95. The van der Waals surface area contributed by atoms with Crippen molar-refractivity contribution in [2.75, 3.05) is 26.2 Å². The second-order valence-corrected chi connectivity index (χ2v) is 6.84. The van der Waals surface area contributed by atoms with Gasteiger partial charge in [0.05, 0.1) is 6.54 Å². The Morgan fingerprint density at radius 2 is 2.04 bits per heavy atom. The van der Waals surface area contributed by atoms with Crippen LogP contribution in [0, 0.1) is 18.3 Å². The summed E-state index contributed by atoms with van der Waals surface area (Å²) in [5.74, 6) is 3.70. The van der Waals surface area contributed by atoms with Crippen LogP contribution in [0.4, 0.5) is 0 Å². The van der Waals surface area contributed by atoms with Crippen LogP contribution in [0.3, 0.4) is 0 Å². The van der Waals surface area contributed by atoms with Crippen LogP contribution in [0.15, 0.2) is 24.3 Å². The van der Waals surface area contributed by atoms with E-state index in [2.05, 4.69) is 35.1 Å². The van der Waals surface area contributed by atoms with E-state index < -0.39 is 0 Å². The van der Waals surface area contributed by atoms with E-state index in [0.717, 1.165) is 38.9 Å². The quantitative estimate of drug-likeness (QED) is 0.798. The third-order valence-corrected chi connectivity index (χ3v) is 5.39. The van der Waals surface area contributed by atoms with Crippen molar-refractivity contribution in [3.8, 4) is 12.3 Å². The first-order valence-corrected chi connectivity index (χ1v) is 8.70. The van der Waals surface area contributed by atoms with Gasteiger partial charge < -0.3 is 4.90 Å². The van der Waals surface area contributed by atoms with Crippen molar-refractivity contribution in [1.82, 2.24) is 9.80 Å². The second kappa shape index (κ2) is 7.19. The summed E-state index contributed by atoms with van der Waals surface area (Å²) in [5.41, 5.74) is 2.94. The molecule has 0 saturated carbocycles. The Balaban J connectivity index is 1.65. The highest BCUT2D eigenvalue weighted by atomic mass is 16.2. The number of amides is 1. The summed E-state index contributed by atoms with van der Waals surface area (Å²) in [5, 5.41) is 0. The fraction of sp³-hybridized carbons (Fsp3) is 0.550. The van der Waals surface area contributed by atoms with Crippen molar-refractivity contribution in [2.24, 2.45) is 5.92 Å². The van der Waals surface area contributed by atoms with Crippen LogP contribution in [-0.4, -0.2) is 41.9 Å². The van der Waals surface area contributed by atoms with E-state index >= 15 is 0 Å². The predicted molar refractivity (Wildman–Crippen MR) is 92.9 cm³/mol. The maximum atomic E-state index is 11.5. The van der Waals surface area contributed by atoms with E-state index in [1.165, 1.54) is 17.5 Å². The number of benzene rings is 1. The lowest BCUT2D eigenvalue weighted by molar-refractivity contribution is -0.130. The Morgan fingerprint density at radius 1 is 1.30 bits per heavy atom. The summed E-state index contributed by atoms with van der Waals surface area (Å²) >= 11 is 0. The molecule has 0 spiro atoms. The third kappa shape index (κ3) is 3.59. The molecule has 2 aliphatic rings. The molecule has 3 heteroatoms. The minimum Gasteiger partial charge on any atom is -0.343 e. The van der Waals surface area contributed by atoms with Crippen LogP contribution >= 0.6 is 0 Å². The number of hydrogen-bond donors (Lipinski definition) is 0. The molecule has 1 amide bonds. The first-order chi connectivity index (χ1) is 11.2. The molecule has 1 saturated heterocycles. The summed E-state index contributed by atoms with van der Waals surface area (Å²) < 4.78 is 0. The van der Waals surface area contributed by atoms with Crippen LogP contribution < -0.4 is 0 Å². The molecule has 1 fully saturated rings. The van der Waals surface area contributed by atoms with Crippen molar-refractivity contribution < 1.29 is 4.79 Å². The van der Waals surface area contributed by atoms with E-state index in [9.17, 15) is 4.79 Å². The number of fused-ring (bicyclic) bond motifs is 1. The van der Waals surface area contributed by atoms with E-state index in [4.69, 9.17) is 6.42 Å². The number of piperidine rings is 1. The van der Waals surface area contributed by atoms with Gasteiger partial charge in [0, 0.05) is 32.6 Å². The molecular formula is C20H26N2O. The topological polar surface area (TPSA) is 23.6 Å². The van der Waals surface area contributed by atoms with Crippen LogP contribution in [0.1, 0.15) is 43.4 Å².